The quantitative estimate of drug-likeness (QED) is 0.422. The minimum atomic E-state index is 0.755. The van der Waals surface area contributed by atoms with E-state index in [2.05, 4.69) is 5.32 Å². The number of halogens is 1. The van der Waals surface area contributed by atoms with E-state index >= 15 is 0 Å². The minimum absolute atomic E-state index is 0.755. The third-order valence-electron chi connectivity index (χ3n) is 1.33. The highest BCUT2D eigenvalue weighted by atomic mass is 35.5. The van der Waals surface area contributed by atoms with Crippen LogP contribution < -0.4 is 5.32 Å². The maximum absolute atomic E-state index is 5.73. The summed E-state index contributed by atoms with van der Waals surface area (Å²) in [6.45, 7) is 0. The number of anilines is 1. The maximum Gasteiger partial charge on any atom is 0.236 e. The summed E-state index contributed by atoms with van der Waals surface area (Å²) in [5, 5.41) is 3.87. The van der Waals surface area contributed by atoms with Crippen LogP contribution in [0.25, 0.3) is 0 Å². The van der Waals surface area contributed by atoms with E-state index in [0.29, 0.717) is 0 Å². The summed E-state index contributed by atoms with van der Waals surface area (Å²) in [5.74, 6) is 0. The molecule has 0 aliphatic heterocycles. The van der Waals surface area contributed by atoms with Gasteiger partial charge in [0.05, 0.1) is 14.1 Å². The fourth-order valence-corrected chi connectivity index (χ4v) is 0.876. The van der Waals surface area contributed by atoms with E-state index in [1.807, 2.05) is 49.3 Å². The van der Waals surface area contributed by atoms with E-state index in [9.17, 15) is 0 Å². The summed E-state index contributed by atoms with van der Waals surface area (Å²) >= 11 is 5.73. The van der Waals surface area contributed by atoms with Crippen LogP contribution in [0, 0.1) is 0 Å². The first-order valence-corrected chi connectivity index (χ1v) is 4.08. The Morgan fingerprint density at radius 1 is 1.25 bits per heavy atom. The Hall–Kier alpha value is -1.02. The molecule has 0 aromatic heterocycles. The van der Waals surface area contributed by atoms with Crippen LogP contribution in [-0.2, 0) is 0 Å². The van der Waals surface area contributed by atoms with Gasteiger partial charge in [0.2, 0.25) is 6.34 Å². The Morgan fingerprint density at radius 2 is 1.83 bits per heavy atom. The molecule has 0 heterocycles. The van der Waals surface area contributed by atoms with Crippen LogP contribution in [0.15, 0.2) is 24.3 Å². The lowest BCUT2D eigenvalue weighted by Crippen LogP contribution is -2.06. The zero-order chi connectivity index (χ0) is 8.97. The average molecular weight is 184 g/mol. The van der Waals surface area contributed by atoms with Crippen molar-refractivity contribution in [1.29, 1.82) is 0 Å². The zero-order valence-corrected chi connectivity index (χ0v) is 7.97. The smallest absolute Gasteiger partial charge is 0.236 e. The van der Waals surface area contributed by atoms with Gasteiger partial charge >= 0.3 is 0 Å². The highest BCUT2D eigenvalue weighted by molar-refractivity contribution is 6.30. The van der Waals surface area contributed by atoms with Crippen LogP contribution in [0.3, 0.4) is 0 Å². The predicted molar refractivity (Wildman–Crippen MR) is 53.2 cm³/mol. The van der Waals surface area contributed by atoms with E-state index in [0.717, 1.165) is 10.7 Å². The second kappa shape index (κ2) is 4.12. The van der Waals surface area contributed by atoms with E-state index in [1.54, 1.807) is 0 Å². The molecule has 12 heavy (non-hydrogen) atoms. The molecular formula is C9H12ClN2+. The fourth-order valence-electron chi connectivity index (χ4n) is 0.750. The first-order chi connectivity index (χ1) is 5.68. The number of benzene rings is 1. The van der Waals surface area contributed by atoms with Crippen molar-refractivity contribution >= 4 is 23.6 Å². The van der Waals surface area contributed by atoms with Crippen LogP contribution in [0.2, 0.25) is 5.02 Å². The third-order valence-corrected chi connectivity index (χ3v) is 1.59. The summed E-state index contributed by atoms with van der Waals surface area (Å²) < 4.78 is 1.94. The average Bonchev–Trinajstić information content (AvgIpc) is 2.03. The Kier molecular flexibility index (Phi) is 3.11. The van der Waals surface area contributed by atoms with Crippen molar-refractivity contribution in [2.75, 3.05) is 19.4 Å². The molecule has 0 spiro atoms. The first-order valence-electron chi connectivity index (χ1n) is 3.70. The lowest BCUT2D eigenvalue weighted by atomic mass is 10.3. The fraction of sp³-hybridized carbons (Fsp3) is 0.222. The Bertz CT molecular complexity index is 273. The molecule has 0 radical (unpaired) electrons. The Morgan fingerprint density at radius 3 is 2.33 bits per heavy atom. The molecule has 2 nitrogen and oxygen atoms in total. The molecule has 0 aliphatic rings. The molecular weight excluding hydrogens is 172 g/mol. The standard InChI is InChI=1S/C9H11ClN2/c1-12(2)7-11-9-5-3-8(10)4-6-9/h3-7H,1-2H3/p+1. The van der Waals surface area contributed by atoms with Crippen molar-refractivity contribution in [3.8, 4) is 0 Å². The van der Waals surface area contributed by atoms with Gasteiger partial charge in [-0.3, -0.25) is 4.58 Å². The first kappa shape index (κ1) is 9.07. The number of hydrogen-bond acceptors (Lipinski definition) is 0. The molecule has 0 bridgehead atoms. The van der Waals surface area contributed by atoms with Gasteiger partial charge in [-0.1, -0.05) is 11.6 Å². The summed E-state index contributed by atoms with van der Waals surface area (Å²) in [7, 11) is 3.92. The van der Waals surface area contributed by atoms with Crippen LogP contribution in [-0.4, -0.2) is 25.0 Å². The molecule has 0 aliphatic carbocycles. The number of nitrogens with zero attached hydrogens (tertiary/aromatic N) is 1. The van der Waals surface area contributed by atoms with Gasteiger partial charge in [0.25, 0.3) is 0 Å². The van der Waals surface area contributed by atoms with Gasteiger partial charge in [-0.15, -0.1) is 0 Å². The molecule has 1 rings (SSSR count). The van der Waals surface area contributed by atoms with E-state index in [1.165, 1.54) is 0 Å². The second-order valence-electron chi connectivity index (χ2n) is 2.74. The summed E-state index contributed by atoms with van der Waals surface area (Å²) in [4.78, 5) is 0. The monoisotopic (exact) mass is 183 g/mol. The molecule has 0 fully saturated rings. The van der Waals surface area contributed by atoms with Crippen molar-refractivity contribution in [3.63, 3.8) is 0 Å². The number of rotatable bonds is 2. The third kappa shape index (κ3) is 2.93. The van der Waals surface area contributed by atoms with Crippen molar-refractivity contribution in [2.45, 2.75) is 0 Å². The molecule has 3 heteroatoms. The van der Waals surface area contributed by atoms with Gasteiger partial charge in [-0.05, 0) is 24.3 Å². The molecule has 1 aromatic carbocycles. The van der Waals surface area contributed by atoms with E-state index in [4.69, 9.17) is 11.6 Å². The normalized spacial score (nSPS) is 9.25. The highest BCUT2D eigenvalue weighted by Gasteiger charge is 1.93. The molecule has 1 N–H and O–H groups in total. The zero-order valence-electron chi connectivity index (χ0n) is 7.21. The van der Waals surface area contributed by atoms with E-state index in [-0.39, 0.29) is 0 Å². The molecule has 0 unspecified atom stereocenters. The second-order valence-corrected chi connectivity index (χ2v) is 3.18. The Balaban J connectivity index is 2.65. The van der Waals surface area contributed by atoms with Gasteiger partial charge in [0.15, 0.2) is 0 Å². The molecule has 64 valence electrons. The maximum atomic E-state index is 5.73. The SMILES string of the molecule is C[N+](C)=CNc1ccc(Cl)cc1. The predicted octanol–water partition coefficient (Wildman–Crippen LogP) is 2.05. The van der Waals surface area contributed by atoms with Crippen molar-refractivity contribution in [3.05, 3.63) is 29.3 Å². The number of hydrogen-bond donors (Lipinski definition) is 1. The molecule has 0 saturated heterocycles. The lowest BCUT2D eigenvalue weighted by molar-refractivity contribution is -0.459. The minimum Gasteiger partial charge on any atom is -0.273 e. The number of nitrogens with one attached hydrogen (secondary N) is 1. The highest BCUT2D eigenvalue weighted by Crippen LogP contribution is 2.12. The van der Waals surface area contributed by atoms with Crippen LogP contribution in [0.5, 0.6) is 0 Å². The lowest BCUT2D eigenvalue weighted by Gasteiger charge is -1.94. The van der Waals surface area contributed by atoms with Gasteiger partial charge < -0.3 is 0 Å². The van der Waals surface area contributed by atoms with Crippen LogP contribution in [0.4, 0.5) is 5.69 Å². The largest absolute Gasteiger partial charge is 0.273 e. The van der Waals surface area contributed by atoms with Crippen molar-refractivity contribution in [2.24, 2.45) is 0 Å². The summed E-state index contributed by atoms with van der Waals surface area (Å²) in [6.07, 6.45) is 1.88. The molecule has 0 atom stereocenters. The van der Waals surface area contributed by atoms with Crippen molar-refractivity contribution in [1.82, 2.24) is 0 Å². The summed E-state index contributed by atoms with van der Waals surface area (Å²) in [5.41, 5.74) is 1.04. The van der Waals surface area contributed by atoms with E-state index < -0.39 is 0 Å². The topological polar surface area (TPSA) is 15.0 Å². The van der Waals surface area contributed by atoms with Gasteiger partial charge in [0, 0.05) is 5.02 Å². The molecule has 0 amide bonds. The summed E-state index contributed by atoms with van der Waals surface area (Å²) in [6, 6.07) is 7.57. The van der Waals surface area contributed by atoms with Crippen molar-refractivity contribution < 1.29 is 4.58 Å². The van der Waals surface area contributed by atoms with Gasteiger partial charge in [-0.2, -0.15) is 0 Å². The Labute approximate surface area is 77.5 Å². The molecule has 0 saturated carbocycles. The van der Waals surface area contributed by atoms with Crippen LogP contribution in [0.1, 0.15) is 0 Å². The van der Waals surface area contributed by atoms with Crippen LogP contribution >= 0.6 is 11.6 Å². The van der Waals surface area contributed by atoms with Gasteiger partial charge in [0.1, 0.15) is 5.69 Å². The van der Waals surface area contributed by atoms with Gasteiger partial charge in [-0.25, -0.2) is 5.32 Å². The molecule has 1 aromatic rings.